The highest BCUT2D eigenvalue weighted by molar-refractivity contribution is 5.75. The number of urea groups is 1. The van der Waals surface area contributed by atoms with Crippen LogP contribution in [-0.4, -0.2) is 72.1 Å². The topological polar surface area (TPSA) is 84.6 Å². The number of carbonyl (C=O) groups excluding carboxylic acids is 1. The van der Waals surface area contributed by atoms with E-state index in [2.05, 4.69) is 32.3 Å². The molecule has 0 bridgehead atoms. The number of anilines is 1. The van der Waals surface area contributed by atoms with Crippen LogP contribution in [-0.2, 0) is 6.54 Å². The molecule has 2 aliphatic rings. The number of hydrogen-bond donors (Lipinski definition) is 2. The molecule has 3 rings (SSSR count). The molecule has 2 amide bonds. The number of aromatic nitrogens is 2. The average Bonchev–Trinajstić information content (AvgIpc) is 3.12. The van der Waals surface area contributed by atoms with Crippen LogP contribution in [0.25, 0.3) is 0 Å². The minimum absolute atomic E-state index is 0.0200. The van der Waals surface area contributed by atoms with E-state index in [4.69, 9.17) is 0 Å². The second kappa shape index (κ2) is 8.56. The van der Waals surface area contributed by atoms with E-state index in [0.717, 1.165) is 37.9 Å². The van der Waals surface area contributed by atoms with Crippen molar-refractivity contribution >= 4 is 12.0 Å². The van der Waals surface area contributed by atoms with E-state index in [-0.39, 0.29) is 23.7 Å². The third kappa shape index (κ3) is 5.09. The Hall–Kier alpha value is -2.35. The lowest BCUT2D eigenvalue weighted by Gasteiger charge is -2.26. The van der Waals surface area contributed by atoms with Crippen LogP contribution in [0.2, 0.25) is 0 Å². The number of H-pyrrole nitrogens is 1. The van der Waals surface area contributed by atoms with Gasteiger partial charge < -0.3 is 15.1 Å². The SMILES string of the molecule is CN(C)c1nc(CN(C)[C@@H]2CCN(C(=O)N[C@@H]3C=CCCC3)C2)cc(=O)[nH]1. The summed E-state index contributed by atoms with van der Waals surface area (Å²) in [5.74, 6) is 0.555. The van der Waals surface area contributed by atoms with Gasteiger partial charge in [-0.25, -0.2) is 9.78 Å². The summed E-state index contributed by atoms with van der Waals surface area (Å²) in [5, 5.41) is 3.12. The van der Waals surface area contributed by atoms with Crippen LogP contribution >= 0.6 is 0 Å². The summed E-state index contributed by atoms with van der Waals surface area (Å²) < 4.78 is 0. The van der Waals surface area contributed by atoms with E-state index in [1.807, 2.05) is 26.0 Å². The van der Waals surface area contributed by atoms with Crippen LogP contribution in [0, 0.1) is 0 Å². The van der Waals surface area contributed by atoms with Gasteiger partial charge in [0.1, 0.15) is 0 Å². The van der Waals surface area contributed by atoms with Crippen molar-refractivity contribution in [2.45, 2.75) is 44.3 Å². The maximum atomic E-state index is 12.5. The van der Waals surface area contributed by atoms with Gasteiger partial charge in [-0.3, -0.25) is 14.7 Å². The molecule has 148 valence electrons. The standard InChI is InChI=1S/C19H30N6O2/c1-23(2)18-20-15(11-17(26)22-18)12-24(3)16-9-10-25(13-16)19(27)21-14-7-5-4-6-8-14/h5,7,11,14,16H,4,6,8-10,12-13H2,1-3H3,(H,21,27)(H,20,22,26)/t14-,16-/m1/s1. The van der Waals surface area contributed by atoms with Crippen molar-refractivity contribution in [2.24, 2.45) is 0 Å². The summed E-state index contributed by atoms with van der Waals surface area (Å²) in [4.78, 5) is 37.4. The molecular formula is C19H30N6O2. The molecular weight excluding hydrogens is 344 g/mol. The number of nitrogens with one attached hydrogen (secondary N) is 2. The molecule has 2 N–H and O–H groups in total. The first-order valence-corrected chi connectivity index (χ1v) is 9.62. The molecule has 1 saturated heterocycles. The highest BCUT2D eigenvalue weighted by Crippen LogP contribution is 2.17. The van der Waals surface area contributed by atoms with E-state index in [9.17, 15) is 9.59 Å². The van der Waals surface area contributed by atoms with E-state index >= 15 is 0 Å². The first kappa shape index (κ1) is 19.4. The summed E-state index contributed by atoms with van der Waals surface area (Å²) >= 11 is 0. The molecule has 1 aromatic heterocycles. The Kier molecular flexibility index (Phi) is 6.15. The van der Waals surface area contributed by atoms with Crippen LogP contribution in [0.5, 0.6) is 0 Å². The fourth-order valence-electron chi connectivity index (χ4n) is 3.64. The molecule has 0 radical (unpaired) electrons. The zero-order valence-corrected chi connectivity index (χ0v) is 16.4. The fourth-order valence-corrected chi connectivity index (χ4v) is 3.64. The molecule has 0 aromatic carbocycles. The van der Waals surface area contributed by atoms with Gasteiger partial charge in [0.2, 0.25) is 5.95 Å². The van der Waals surface area contributed by atoms with Gasteiger partial charge in [-0.05, 0) is 32.7 Å². The number of likely N-dealkylation sites (N-methyl/N-ethyl adjacent to an activating group) is 1. The average molecular weight is 374 g/mol. The number of rotatable bonds is 5. The second-order valence-electron chi connectivity index (χ2n) is 7.67. The van der Waals surface area contributed by atoms with Crippen molar-refractivity contribution in [2.75, 3.05) is 39.1 Å². The number of likely N-dealkylation sites (tertiary alicyclic amines) is 1. The normalized spacial score (nSPS) is 22.3. The van der Waals surface area contributed by atoms with E-state index < -0.39 is 0 Å². The Morgan fingerprint density at radius 2 is 2.19 bits per heavy atom. The third-order valence-electron chi connectivity index (χ3n) is 5.25. The lowest BCUT2D eigenvalue weighted by molar-refractivity contribution is 0.194. The van der Waals surface area contributed by atoms with Crippen LogP contribution < -0.4 is 15.8 Å². The third-order valence-corrected chi connectivity index (χ3v) is 5.25. The Labute approximate surface area is 160 Å². The van der Waals surface area contributed by atoms with Gasteiger partial charge in [-0.15, -0.1) is 0 Å². The summed E-state index contributed by atoms with van der Waals surface area (Å²) in [6.07, 6.45) is 8.42. The van der Waals surface area contributed by atoms with Crippen molar-refractivity contribution in [1.82, 2.24) is 25.1 Å². The lowest BCUT2D eigenvalue weighted by Crippen LogP contribution is -2.45. The van der Waals surface area contributed by atoms with Crippen LogP contribution in [0.4, 0.5) is 10.7 Å². The molecule has 1 aliphatic heterocycles. The Morgan fingerprint density at radius 1 is 1.37 bits per heavy atom. The minimum atomic E-state index is -0.148. The molecule has 27 heavy (non-hydrogen) atoms. The first-order chi connectivity index (χ1) is 12.9. The molecule has 1 aliphatic carbocycles. The van der Waals surface area contributed by atoms with Gasteiger partial charge in [0, 0.05) is 51.9 Å². The molecule has 1 aromatic rings. The van der Waals surface area contributed by atoms with Crippen LogP contribution in [0.1, 0.15) is 31.4 Å². The van der Waals surface area contributed by atoms with Crippen molar-refractivity contribution < 1.29 is 4.79 Å². The van der Waals surface area contributed by atoms with E-state index in [0.29, 0.717) is 19.0 Å². The van der Waals surface area contributed by atoms with Gasteiger partial charge in [0.25, 0.3) is 5.56 Å². The lowest BCUT2D eigenvalue weighted by atomic mass is 10.0. The highest BCUT2D eigenvalue weighted by Gasteiger charge is 2.29. The molecule has 0 saturated carbocycles. The largest absolute Gasteiger partial charge is 0.348 e. The smallest absolute Gasteiger partial charge is 0.317 e. The second-order valence-corrected chi connectivity index (χ2v) is 7.67. The molecule has 0 spiro atoms. The molecule has 8 nitrogen and oxygen atoms in total. The predicted octanol–water partition coefficient (Wildman–Crippen LogP) is 1.16. The van der Waals surface area contributed by atoms with Gasteiger partial charge in [0.15, 0.2) is 0 Å². The number of hydrogen-bond acceptors (Lipinski definition) is 5. The van der Waals surface area contributed by atoms with Crippen molar-refractivity contribution in [3.8, 4) is 0 Å². The quantitative estimate of drug-likeness (QED) is 0.756. The Morgan fingerprint density at radius 3 is 2.89 bits per heavy atom. The number of allylic oxidation sites excluding steroid dienone is 1. The summed E-state index contributed by atoms with van der Waals surface area (Å²) in [6.45, 7) is 2.03. The number of carbonyl (C=O) groups is 1. The number of nitrogens with zero attached hydrogens (tertiary/aromatic N) is 4. The predicted molar refractivity (Wildman–Crippen MR) is 106 cm³/mol. The monoisotopic (exact) mass is 374 g/mol. The molecule has 1 fully saturated rings. The number of amides is 2. The molecule has 8 heteroatoms. The van der Waals surface area contributed by atoms with Gasteiger partial charge in [0.05, 0.1) is 5.69 Å². The highest BCUT2D eigenvalue weighted by atomic mass is 16.2. The van der Waals surface area contributed by atoms with Gasteiger partial charge >= 0.3 is 6.03 Å². The zero-order valence-electron chi connectivity index (χ0n) is 16.4. The fraction of sp³-hybridized carbons (Fsp3) is 0.632. The molecule has 0 unspecified atom stereocenters. The summed E-state index contributed by atoms with van der Waals surface area (Å²) in [6, 6.07) is 1.99. The van der Waals surface area contributed by atoms with E-state index in [1.165, 1.54) is 0 Å². The van der Waals surface area contributed by atoms with Crippen molar-refractivity contribution in [3.63, 3.8) is 0 Å². The summed E-state index contributed by atoms with van der Waals surface area (Å²) in [5.41, 5.74) is 0.588. The van der Waals surface area contributed by atoms with E-state index in [1.54, 1.807) is 11.0 Å². The van der Waals surface area contributed by atoms with Crippen LogP contribution in [0.3, 0.4) is 0 Å². The maximum Gasteiger partial charge on any atom is 0.317 e. The molecule has 2 atom stereocenters. The maximum absolute atomic E-state index is 12.5. The molecule has 2 heterocycles. The Balaban J connectivity index is 1.55. The van der Waals surface area contributed by atoms with Gasteiger partial charge in [-0.1, -0.05) is 12.2 Å². The Bertz CT molecular complexity index is 744. The zero-order chi connectivity index (χ0) is 19.4. The number of aromatic amines is 1. The van der Waals surface area contributed by atoms with Crippen molar-refractivity contribution in [3.05, 3.63) is 34.3 Å². The van der Waals surface area contributed by atoms with Crippen molar-refractivity contribution in [1.29, 1.82) is 0 Å². The van der Waals surface area contributed by atoms with Gasteiger partial charge in [-0.2, -0.15) is 0 Å². The summed E-state index contributed by atoms with van der Waals surface area (Å²) in [7, 11) is 5.72. The minimum Gasteiger partial charge on any atom is -0.348 e. The van der Waals surface area contributed by atoms with Crippen LogP contribution in [0.15, 0.2) is 23.0 Å². The first-order valence-electron chi connectivity index (χ1n) is 9.62.